The van der Waals surface area contributed by atoms with Crippen LogP contribution in [0.3, 0.4) is 0 Å². The van der Waals surface area contributed by atoms with Crippen LogP contribution in [0.1, 0.15) is 10.4 Å². The average Bonchev–Trinajstić information content (AvgIpc) is 2.14. The first-order valence-electron chi connectivity index (χ1n) is 4.46. The molecule has 0 spiro atoms. The summed E-state index contributed by atoms with van der Waals surface area (Å²) >= 11 is 0. The molecule has 8 heteroatoms. The van der Waals surface area contributed by atoms with Gasteiger partial charge < -0.3 is 11.1 Å². The Morgan fingerprint density at radius 3 is 2.47 bits per heavy atom. The summed E-state index contributed by atoms with van der Waals surface area (Å²) in [4.78, 5) is 22.1. The number of amides is 3. The lowest BCUT2D eigenvalue weighted by Gasteiger charge is -2.05. The van der Waals surface area contributed by atoms with E-state index in [2.05, 4.69) is 5.32 Å². The van der Waals surface area contributed by atoms with E-state index >= 15 is 0 Å². The molecule has 0 fully saturated rings. The number of nitrogens with one attached hydrogen (secondary N) is 2. The molecule has 0 aliphatic carbocycles. The Morgan fingerprint density at radius 1 is 1.29 bits per heavy atom. The van der Waals surface area contributed by atoms with Gasteiger partial charge in [-0.25, -0.2) is 17.9 Å². The molecule has 1 rings (SSSR count). The quantitative estimate of drug-likeness (QED) is 0.698. The molecule has 92 valence electrons. The Morgan fingerprint density at radius 2 is 1.94 bits per heavy atom. The number of hydrogen-bond donors (Lipinski definition) is 3. The van der Waals surface area contributed by atoms with E-state index < -0.39 is 22.0 Å². The summed E-state index contributed by atoms with van der Waals surface area (Å²) in [5, 5.41) is 2.27. The zero-order valence-electron chi connectivity index (χ0n) is 8.93. The van der Waals surface area contributed by atoms with Crippen LogP contribution >= 0.6 is 0 Å². The highest BCUT2D eigenvalue weighted by molar-refractivity contribution is 7.89. The summed E-state index contributed by atoms with van der Waals surface area (Å²) in [7, 11) is -3.62. The number of hydrogen-bond acceptors (Lipinski definition) is 4. The van der Waals surface area contributed by atoms with Crippen molar-refractivity contribution in [1.82, 2.24) is 4.72 Å². The van der Waals surface area contributed by atoms with E-state index in [0.29, 0.717) is 5.69 Å². The molecular formula is C9H11N3O4S. The third-order valence-corrected chi connectivity index (χ3v) is 2.23. The van der Waals surface area contributed by atoms with E-state index in [1.807, 2.05) is 0 Å². The van der Waals surface area contributed by atoms with Crippen LogP contribution in [-0.4, -0.2) is 26.6 Å². The minimum atomic E-state index is -3.62. The summed E-state index contributed by atoms with van der Waals surface area (Å²) < 4.78 is 23.5. The molecule has 7 nitrogen and oxygen atoms in total. The summed E-state index contributed by atoms with van der Waals surface area (Å²) in [5.74, 6) is -0.777. The molecule has 3 amide bonds. The van der Waals surface area contributed by atoms with Gasteiger partial charge in [-0.05, 0) is 18.2 Å². The van der Waals surface area contributed by atoms with Crippen molar-refractivity contribution in [2.45, 2.75) is 0 Å². The van der Waals surface area contributed by atoms with Gasteiger partial charge in [-0.1, -0.05) is 6.07 Å². The lowest BCUT2D eigenvalue weighted by Crippen LogP contribution is -2.29. The number of carbonyl (C=O) groups is 2. The summed E-state index contributed by atoms with van der Waals surface area (Å²) in [6.07, 6.45) is 0.871. The van der Waals surface area contributed by atoms with E-state index in [-0.39, 0.29) is 5.56 Å². The van der Waals surface area contributed by atoms with Crippen LogP contribution in [0.15, 0.2) is 24.3 Å². The lowest BCUT2D eigenvalue weighted by atomic mass is 10.2. The minimum Gasteiger partial charge on any atom is -0.351 e. The fourth-order valence-corrected chi connectivity index (χ4v) is 1.56. The van der Waals surface area contributed by atoms with E-state index in [9.17, 15) is 18.0 Å². The van der Waals surface area contributed by atoms with Gasteiger partial charge in [0.1, 0.15) is 0 Å². The smallest absolute Gasteiger partial charge is 0.316 e. The molecule has 4 N–H and O–H groups in total. The molecule has 0 radical (unpaired) electrons. The van der Waals surface area contributed by atoms with Gasteiger partial charge in [-0.3, -0.25) is 4.79 Å². The number of nitrogens with two attached hydrogens (primary N) is 1. The molecule has 0 aliphatic rings. The molecule has 0 heterocycles. The topological polar surface area (TPSA) is 118 Å². The maximum Gasteiger partial charge on any atom is 0.316 e. The van der Waals surface area contributed by atoms with Crippen LogP contribution in [0.5, 0.6) is 0 Å². The Bertz CT molecular complexity index is 553. The molecule has 0 saturated carbocycles. The fraction of sp³-hybridized carbons (Fsp3) is 0.111. The van der Waals surface area contributed by atoms with Gasteiger partial charge in [0.2, 0.25) is 10.0 Å². The average molecular weight is 257 g/mol. The predicted molar refractivity (Wildman–Crippen MR) is 62.0 cm³/mol. The van der Waals surface area contributed by atoms with Crippen LogP contribution in [0.2, 0.25) is 0 Å². The molecule has 0 bridgehead atoms. The highest BCUT2D eigenvalue weighted by atomic mass is 32.2. The summed E-state index contributed by atoms with van der Waals surface area (Å²) in [5.41, 5.74) is 5.31. The maximum absolute atomic E-state index is 11.5. The normalized spacial score (nSPS) is 10.6. The Hall–Kier alpha value is -2.09. The zero-order valence-corrected chi connectivity index (χ0v) is 9.74. The van der Waals surface area contributed by atoms with Crippen molar-refractivity contribution in [2.24, 2.45) is 5.73 Å². The second-order valence-corrected chi connectivity index (χ2v) is 5.02. The highest BCUT2D eigenvalue weighted by Gasteiger charge is 2.11. The zero-order chi connectivity index (χ0) is 13.1. The van der Waals surface area contributed by atoms with Crippen molar-refractivity contribution in [3.05, 3.63) is 29.8 Å². The second kappa shape index (κ2) is 4.83. The number of carbonyl (C=O) groups excluding carboxylic acids is 2. The van der Waals surface area contributed by atoms with Crippen LogP contribution < -0.4 is 15.8 Å². The molecule has 0 unspecified atom stereocenters. The van der Waals surface area contributed by atoms with Gasteiger partial charge in [-0.15, -0.1) is 0 Å². The van der Waals surface area contributed by atoms with Gasteiger partial charge in [0.25, 0.3) is 5.91 Å². The second-order valence-electron chi connectivity index (χ2n) is 3.27. The maximum atomic E-state index is 11.5. The number of urea groups is 1. The van der Waals surface area contributed by atoms with Gasteiger partial charge in [0, 0.05) is 11.3 Å². The van der Waals surface area contributed by atoms with Crippen molar-refractivity contribution >= 4 is 27.6 Å². The largest absolute Gasteiger partial charge is 0.351 e. The Labute approximate surface area is 98.0 Å². The summed E-state index contributed by atoms with van der Waals surface area (Å²) in [6.45, 7) is 0. The van der Waals surface area contributed by atoms with Crippen LogP contribution in [-0.2, 0) is 10.0 Å². The standard InChI is InChI=1S/C9H11N3O4S/c1-17(15,16)12-8(13)6-3-2-4-7(5-6)11-9(10)14/h2-5H,1H3,(H,12,13)(H3,10,11,14). The first kappa shape index (κ1) is 13.0. The molecule has 0 saturated heterocycles. The Kier molecular flexibility index (Phi) is 3.69. The number of rotatable bonds is 3. The lowest BCUT2D eigenvalue weighted by molar-refractivity contribution is 0.0981. The fourth-order valence-electron chi connectivity index (χ4n) is 1.11. The van der Waals surface area contributed by atoms with Gasteiger partial charge >= 0.3 is 6.03 Å². The van der Waals surface area contributed by atoms with Crippen molar-refractivity contribution in [2.75, 3.05) is 11.6 Å². The first-order chi connectivity index (χ1) is 7.78. The van der Waals surface area contributed by atoms with E-state index in [1.54, 1.807) is 4.72 Å². The summed E-state index contributed by atoms with van der Waals surface area (Å²) in [6, 6.07) is 4.95. The number of benzene rings is 1. The first-order valence-corrected chi connectivity index (χ1v) is 6.36. The SMILES string of the molecule is CS(=O)(=O)NC(=O)c1cccc(NC(N)=O)c1. The third kappa shape index (κ3) is 4.51. The molecule has 0 aromatic heterocycles. The molecule has 1 aromatic carbocycles. The number of sulfonamides is 1. The van der Waals surface area contributed by atoms with Crippen molar-refractivity contribution in [3.63, 3.8) is 0 Å². The number of primary amides is 1. The van der Waals surface area contributed by atoms with Crippen molar-refractivity contribution < 1.29 is 18.0 Å². The molecular weight excluding hydrogens is 246 g/mol. The van der Waals surface area contributed by atoms with Crippen molar-refractivity contribution in [3.8, 4) is 0 Å². The molecule has 1 aromatic rings. The monoisotopic (exact) mass is 257 g/mol. The van der Waals surface area contributed by atoms with Gasteiger partial charge in [0.05, 0.1) is 6.26 Å². The molecule has 0 aliphatic heterocycles. The Balaban J connectivity index is 2.92. The predicted octanol–water partition coefficient (Wildman–Crippen LogP) is -0.133. The van der Waals surface area contributed by atoms with E-state index in [0.717, 1.165) is 6.26 Å². The highest BCUT2D eigenvalue weighted by Crippen LogP contribution is 2.10. The van der Waals surface area contributed by atoms with Crippen LogP contribution in [0.25, 0.3) is 0 Å². The third-order valence-electron chi connectivity index (χ3n) is 1.67. The van der Waals surface area contributed by atoms with Gasteiger partial charge in [0.15, 0.2) is 0 Å². The molecule has 17 heavy (non-hydrogen) atoms. The number of anilines is 1. The van der Waals surface area contributed by atoms with E-state index in [1.165, 1.54) is 24.3 Å². The molecule has 0 atom stereocenters. The minimum absolute atomic E-state index is 0.0988. The van der Waals surface area contributed by atoms with E-state index in [4.69, 9.17) is 5.73 Å². The van der Waals surface area contributed by atoms with Crippen LogP contribution in [0.4, 0.5) is 10.5 Å². The van der Waals surface area contributed by atoms with Gasteiger partial charge in [-0.2, -0.15) is 0 Å². The van der Waals surface area contributed by atoms with Crippen molar-refractivity contribution in [1.29, 1.82) is 0 Å². The van der Waals surface area contributed by atoms with Crippen LogP contribution in [0, 0.1) is 0 Å².